The van der Waals surface area contributed by atoms with Gasteiger partial charge in [0.05, 0.1) is 11.3 Å². The van der Waals surface area contributed by atoms with E-state index in [0.29, 0.717) is 16.8 Å². The lowest BCUT2D eigenvalue weighted by atomic mass is 10.0. The number of nitrogens with one attached hydrogen (secondary N) is 1. The van der Waals surface area contributed by atoms with Crippen LogP contribution in [0.25, 0.3) is 0 Å². The Kier molecular flexibility index (Phi) is 5.06. The third-order valence-electron chi connectivity index (χ3n) is 3.90. The van der Waals surface area contributed by atoms with Crippen molar-refractivity contribution in [3.8, 4) is 5.75 Å². The highest BCUT2D eigenvalue weighted by molar-refractivity contribution is 6.04. The first-order valence-electron chi connectivity index (χ1n) is 7.60. The Hall–Kier alpha value is -2.57. The van der Waals surface area contributed by atoms with E-state index in [1.165, 1.54) is 26.0 Å². The quantitative estimate of drug-likeness (QED) is 0.805. The van der Waals surface area contributed by atoms with Gasteiger partial charge in [0.15, 0.2) is 11.9 Å². The molecule has 2 rings (SSSR count). The minimum absolute atomic E-state index is 0.151. The Morgan fingerprint density at radius 2 is 1.68 bits per heavy atom. The molecule has 0 spiro atoms. The van der Waals surface area contributed by atoms with Crippen molar-refractivity contribution in [2.45, 2.75) is 40.0 Å². The van der Waals surface area contributed by atoms with Crippen LogP contribution in [0.2, 0.25) is 0 Å². The minimum atomic E-state index is -4.43. The number of alkyl halides is 3. The molecule has 0 saturated carbocycles. The average molecular weight is 353 g/mol. The first-order chi connectivity index (χ1) is 11.5. The van der Waals surface area contributed by atoms with E-state index in [4.69, 9.17) is 4.74 Å². The van der Waals surface area contributed by atoms with E-state index in [-0.39, 0.29) is 23.0 Å². The van der Waals surface area contributed by atoms with Gasteiger partial charge in [0.1, 0.15) is 5.75 Å². The van der Waals surface area contributed by atoms with Crippen molar-refractivity contribution in [2.24, 2.45) is 0 Å². The summed E-state index contributed by atoms with van der Waals surface area (Å²) >= 11 is 0. The number of aromatic amines is 1. The molecule has 1 heterocycles. The molecule has 0 aliphatic carbocycles. The van der Waals surface area contributed by atoms with E-state index >= 15 is 0 Å². The zero-order valence-corrected chi connectivity index (χ0v) is 14.2. The molecule has 0 aliphatic heterocycles. The summed E-state index contributed by atoms with van der Waals surface area (Å²) in [6.07, 6.45) is -5.35. The maximum Gasteiger partial charge on any atom is 0.416 e. The van der Waals surface area contributed by atoms with Gasteiger partial charge in [-0.15, -0.1) is 0 Å². The predicted octanol–water partition coefficient (Wildman–Crippen LogP) is 4.50. The number of hydrogen-bond donors (Lipinski definition) is 1. The number of carbonyl (C=O) groups excluding carboxylic acids is 2. The van der Waals surface area contributed by atoms with Crippen LogP contribution in [0.1, 0.15) is 51.5 Å². The topological polar surface area (TPSA) is 59.2 Å². The van der Waals surface area contributed by atoms with Gasteiger partial charge in [0.25, 0.3) is 0 Å². The molecule has 2 aromatic rings. The fourth-order valence-electron chi connectivity index (χ4n) is 2.71. The van der Waals surface area contributed by atoms with Gasteiger partial charge in [0, 0.05) is 11.3 Å². The molecular weight excluding hydrogens is 335 g/mol. The van der Waals surface area contributed by atoms with E-state index in [9.17, 15) is 22.8 Å². The van der Waals surface area contributed by atoms with Crippen molar-refractivity contribution in [1.29, 1.82) is 0 Å². The van der Waals surface area contributed by atoms with Crippen LogP contribution in [0.5, 0.6) is 5.75 Å². The van der Waals surface area contributed by atoms with E-state index in [1.54, 1.807) is 13.8 Å². The molecule has 7 heteroatoms. The van der Waals surface area contributed by atoms with Gasteiger partial charge < -0.3 is 9.72 Å². The number of aryl methyl sites for hydroxylation is 1. The highest BCUT2D eigenvalue weighted by atomic mass is 19.4. The molecule has 0 unspecified atom stereocenters. The first-order valence-corrected chi connectivity index (χ1v) is 7.60. The van der Waals surface area contributed by atoms with Gasteiger partial charge in [-0.25, -0.2) is 0 Å². The zero-order chi connectivity index (χ0) is 18.9. The molecule has 4 nitrogen and oxygen atoms in total. The molecule has 25 heavy (non-hydrogen) atoms. The summed E-state index contributed by atoms with van der Waals surface area (Å²) in [6, 6.07) is 4.12. The lowest BCUT2D eigenvalue weighted by molar-refractivity contribution is -0.137. The number of aromatic nitrogens is 1. The third kappa shape index (κ3) is 3.92. The van der Waals surface area contributed by atoms with E-state index in [0.717, 1.165) is 12.1 Å². The van der Waals surface area contributed by atoms with Gasteiger partial charge in [-0.3, -0.25) is 9.59 Å². The molecule has 0 fully saturated rings. The van der Waals surface area contributed by atoms with Gasteiger partial charge in [-0.05, 0) is 57.5 Å². The Morgan fingerprint density at radius 1 is 1.12 bits per heavy atom. The first kappa shape index (κ1) is 18.8. The summed E-state index contributed by atoms with van der Waals surface area (Å²) in [5, 5.41) is 0. The normalized spacial score (nSPS) is 12.8. The Labute approximate surface area is 143 Å². The second-order valence-corrected chi connectivity index (χ2v) is 5.83. The summed E-state index contributed by atoms with van der Waals surface area (Å²) in [5.41, 5.74) is 1.07. The highest BCUT2D eigenvalue weighted by Gasteiger charge is 2.30. The molecule has 1 N–H and O–H groups in total. The number of benzene rings is 1. The zero-order valence-electron chi connectivity index (χ0n) is 14.2. The maximum atomic E-state index is 12.6. The minimum Gasteiger partial charge on any atom is -0.483 e. The molecule has 0 saturated heterocycles. The van der Waals surface area contributed by atoms with Crippen molar-refractivity contribution < 1.29 is 27.5 Å². The Morgan fingerprint density at radius 3 is 2.12 bits per heavy atom. The fraction of sp³-hybridized carbons (Fsp3) is 0.333. The Balaban J connectivity index is 2.19. The number of ketones is 2. The molecular formula is C18H18F3NO3. The van der Waals surface area contributed by atoms with E-state index < -0.39 is 17.8 Å². The number of ether oxygens (including phenoxy) is 1. The van der Waals surface area contributed by atoms with Crippen molar-refractivity contribution in [1.82, 2.24) is 4.98 Å². The molecule has 0 bridgehead atoms. The average Bonchev–Trinajstić information content (AvgIpc) is 2.80. The highest BCUT2D eigenvalue weighted by Crippen LogP contribution is 2.30. The van der Waals surface area contributed by atoms with Gasteiger partial charge in [0.2, 0.25) is 5.78 Å². The summed E-state index contributed by atoms with van der Waals surface area (Å²) in [4.78, 5) is 27.1. The van der Waals surface area contributed by atoms with Gasteiger partial charge >= 0.3 is 6.18 Å². The number of Topliss-reactive ketones (excluding diaryl/α,β-unsaturated/α-hetero) is 2. The van der Waals surface area contributed by atoms with Crippen LogP contribution in [-0.2, 0) is 6.18 Å². The van der Waals surface area contributed by atoms with Crippen LogP contribution in [0.3, 0.4) is 0 Å². The molecule has 1 aromatic heterocycles. The molecule has 0 radical (unpaired) electrons. The van der Waals surface area contributed by atoms with E-state index in [2.05, 4.69) is 4.98 Å². The maximum absolute atomic E-state index is 12.6. The smallest absolute Gasteiger partial charge is 0.416 e. The fourth-order valence-corrected chi connectivity index (χ4v) is 2.71. The summed E-state index contributed by atoms with van der Waals surface area (Å²) in [5.74, 6) is -0.379. The number of carbonyl (C=O) groups is 2. The largest absolute Gasteiger partial charge is 0.483 e. The molecule has 1 aromatic carbocycles. The number of H-pyrrole nitrogens is 1. The van der Waals surface area contributed by atoms with Crippen LogP contribution in [-0.4, -0.2) is 22.7 Å². The number of halogens is 3. The van der Waals surface area contributed by atoms with Crippen LogP contribution in [0.15, 0.2) is 24.3 Å². The van der Waals surface area contributed by atoms with Crippen LogP contribution in [0, 0.1) is 13.8 Å². The molecule has 134 valence electrons. The van der Waals surface area contributed by atoms with Gasteiger partial charge in [-0.2, -0.15) is 13.2 Å². The number of rotatable bonds is 5. The molecule has 1 atom stereocenters. The van der Waals surface area contributed by atoms with Crippen LogP contribution < -0.4 is 4.74 Å². The lowest BCUT2D eigenvalue weighted by Gasteiger charge is -2.14. The monoisotopic (exact) mass is 353 g/mol. The number of hydrogen-bond acceptors (Lipinski definition) is 3. The lowest BCUT2D eigenvalue weighted by Crippen LogP contribution is -2.25. The van der Waals surface area contributed by atoms with Crippen LogP contribution >= 0.6 is 0 Å². The van der Waals surface area contributed by atoms with E-state index in [1.807, 2.05) is 0 Å². The SMILES string of the molecule is CC(=O)c1c(C)[nH]c(C(=O)[C@H](C)Oc2ccc(C(F)(F)F)cc2)c1C. The summed E-state index contributed by atoms with van der Waals surface area (Å²) in [6.45, 7) is 6.28. The third-order valence-corrected chi connectivity index (χ3v) is 3.90. The summed E-state index contributed by atoms with van der Waals surface area (Å²) < 4.78 is 43.1. The predicted molar refractivity (Wildman–Crippen MR) is 86.1 cm³/mol. The van der Waals surface area contributed by atoms with Crippen molar-refractivity contribution >= 4 is 11.6 Å². The standard InChI is InChI=1S/C18H18F3NO3/c1-9-15(11(3)23)10(2)22-16(9)17(24)12(4)25-14-7-5-13(6-8-14)18(19,20)21/h5-8,12,22H,1-4H3/t12-/m0/s1. The second kappa shape index (κ2) is 6.74. The van der Waals surface area contributed by atoms with Crippen molar-refractivity contribution in [2.75, 3.05) is 0 Å². The van der Waals surface area contributed by atoms with Crippen molar-refractivity contribution in [3.63, 3.8) is 0 Å². The van der Waals surface area contributed by atoms with Gasteiger partial charge in [-0.1, -0.05) is 0 Å². The second-order valence-electron chi connectivity index (χ2n) is 5.83. The summed E-state index contributed by atoms with van der Waals surface area (Å²) in [7, 11) is 0. The molecule has 0 aliphatic rings. The van der Waals surface area contributed by atoms with Crippen LogP contribution in [0.4, 0.5) is 13.2 Å². The Bertz CT molecular complexity index is 804. The molecule has 0 amide bonds. The van der Waals surface area contributed by atoms with Crippen molar-refractivity contribution in [3.05, 3.63) is 52.3 Å².